The molecule has 2 N–H and O–H groups in total. The molecule has 35 heavy (non-hydrogen) atoms. The lowest BCUT2D eigenvalue weighted by Gasteiger charge is -2.23. The second-order valence-electron chi connectivity index (χ2n) is 9.31. The van der Waals surface area contributed by atoms with Gasteiger partial charge in [0.1, 0.15) is 18.2 Å². The minimum absolute atomic E-state index is 0.0564. The predicted octanol–water partition coefficient (Wildman–Crippen LogP) is 3.71. The summed E-state index contributed by atoms with van der Waals surface area (Å²) < 4.78 is 26.0. The van der Waals surface area contributed by atoms with Crippen LogP contribution in [-0.2, 0) is 35.0 Å². The van der Waals surface area contributed by atoms with E-state index in [9.17, 15) is 19.2 Å². The third-order valence-corrected chi connectivity index (χ3v) is 4.66. The molecule has 0 heterocycles. The number of esters is 3. The molecule has 1 aromatic rings. The van der Waals surface area contributed by atoms with Gasteiger partial charge in [-0.3, -0.25) is 14.4 Å². The molecule has 0 spiro atoms. The van der Waals surface area contributed by atoms with Crippen LogP contribution in [0.1, 0.15) is 66.9 Å². The maximum atomic E-state index is 12.5. The zero-order chi connectivity index (χ0) is 26.8. The average molecular weight is 496 g/mol. The van der Waals surface area contributed by atoms with Gasteiger partial charge in [0.25, 0.3) is 0 Å². The minimum Gasteiger partial charge on any atom is -0.458 e. The van der Waals surface area contributed by atoms with E-state index in [0.717, 1.165) is 0 Å². The van der Waals surface area contributed by atoms with Gasteiger partial charge in [0.05, 0.1) is 6.61 Å². The molecular formula is C25H37NO9. The van der Waals surface area contributed by atoms with Crippen LogP contribution in [0.25, 0.3) is 0 Å². The first-order valence-electron chi connectivity index (χ1n) is 11.6. The van der Waals surface area contributed by atoms with Gasteiger partial charge in [-0.15, -0.1) is 0 Å². The topological polar surface area (TPSA) is 140 Å². The molecule has 10 heteroatoms. The smallest absolute Gasteiger partial charge is 0.458 e. The molecule has 0 aliphatic rings. The number of hydrogen-bond donors (Lipinski definition) is 1. The van der Waals surface area contributed by atoms with E-state index in [1.807, 2.05) is 20.8 Å². The Balaban J connectivity index is 2.76. The van der Waals surface area contributed by atoms with Crippen LogP contribution in [0.15, 0.2) is 18.2 Å². The van der Waals surface area contributed by atoms with E-state index < -0.39 is 42.3 Å². The second-order valence-corrected chi connectivity index (χ2v) is 9.31. The van der Waals surface area contributed by atoms with Crippen LogP contribution < -0.4 is 15.2 Å². The molecule has 0 aliphatic carbocycles. The Hall–Kier alpha value is -3.14. The molecule has 0 bridgehead atoms. The Kier molecular flexibility index (Phi) is 11.7. The maximum Gasteiger partial charge on any atom is 0.508 e. The molecule has 0 unspecified atom stereocenters. The van der Waals surface area contributed by atoms with Gasteiger partial charge in [-0.1, -0.05) is 40.7 Å². The predicted molar refractivity (Wildman–Crippen MR) is 127 cm³/mol. The van der Waals surface area contributed by atoms with E-state index in [-0.39, 0.29) is 42.8 Å². The zero-order valence-electron chi connectivity index (χ0n) is 21.5. The Morgan fingerprint density at radius 1 is 0.886 bits per heavy atom. The van der Waals surface area contributed by atoms with E-state index in [0.29, 0.717) is 5.56 Å². The SMILES string of the molecule is CCC(=O)Oc1ccc(C[C@H](N)C(=O)O[C@@H](C)[C@H](C)OC(=O)OCC(C)(C)C)cc1OC(=O)CC. The molecule has 0 fully saturated rings. The Bertz CT molecular complexity index is 891. The summed E-state index contributed by atoms with van der Waals surface area (Å²) in [5, 5.41) is 0. The fourth-order valence-corrected chi connectivity index (χ4v) is 2.49. The van der Waals surface area contributed by atoms with Crippen molar-refractivity contribution in [3.8, 4) is 11.5 Å². The Morgan fingerprint density at radius 2 is 1.43 bits per heavy atom. The molecule has 0 saturated heterocycles. The van der Waals surface area contributed by atoms with Crippen molar-refractivity contribution in [2.75, 3.05) is 6.61 Å². The van der Waals surface area contributed by atoms with Gasteiger partial charge < -0.3 is 29.4 Å². The number of ether oxygens (including phenoxy) is 5. The van der Waals surface area contributed by atoms with Gasteiger partial charge in [0.15, 0.2) is 11.5 Å². The van der Waals surface area contributed by atoms with Crippen LogP contribution in [0, 0.1) is 5.41 Å². The lowest BCUT2D eigenvalue weighted by Crippen LogP contribution is -2.39. The number of nitrogens with two attached hydrogens (primary N) is 1. The summed E-state index contributed by atoms with van der Waals surface area (Å²) in [6.45, 7) is 12.3. The highest BCUT2D eigenvalue weighted by molar-refractivity contribution is 5.77. The second kappa shape index (κ2) is 13.7. The number of rotatable bonds is 11. The quantitative estimate of drug-likeness (QED) is 0.357. The van der Waals surface area contributed by atoms with E-state index in [4.69, 9.17) is 29.4 Å². The van der Waals surface area contributed by atoms with Gasteiger partial charge in [0, 0.05) is 12.8 Å². The van der Waals surface area contributed by atoms with E-state index in [1.54, 1.807) is 33.8 Å². The number of carbonyl (C=O) groups is 4. The highest BCUT2D eigenvalue weighted by atomic mass is 16.7. The van der Waals surface area contributed by atoms with Crippen LogP contribution in [0.4, 0.5) is 4.79 Å². The van der Waals surface area contributed by atoms with Crippen molar-refractivity contribution in [2.24, 2.45) is 11.1 Å². The molecular weight excluding hydrogens is 458 g/mol. The highest BCUT2D eigenvalue weighted by Gasteiger charge is 2.26. The standard InChI is InChI=1S/C25H37NO9/c1-8-21(27)34-19-11-10-17(13-20(19)35-22(28)9-2)12-18(26)23(29)32-15(3)16(4)33-24(30)31-14-25(5,6)7/h10-11,13,15-16,18H,8-9,12,14,26H2,1-7H3/t15-,16-,18-/m0/s1. The van der Waals surface area contributed by atoms with Gasteiger partial charge in [-0.25, -0.2) is 4.79 Å². The molecule has 0 aromatic heterocycles. The number of hydrogen-bond acceptors (Lipinski definition) is 10. The molecule has 1 rings (SSSR count). The summed E-state index contributed by atoms with van der Waals surface area (Å²) in [5.74, 6) is -1.55. The van der Waals surface area contributed by atoms with E-state index in [1.165, 1.54) is 12.1 Å². The van der Waals surface area contributed by atoms with E-state index in [2.05, 4.69) is 0 Å². The summed E-state index contributed by atoms with van der Waals surface area (Å²) in [6.07, 6.45) is -2.04. The fourth-order valence-electron chi connectivity index (χ4n) is 2.49. The molecule has 0 aliphatic heterocycles. The summed E-state index contributed by atoms with van der Waals surface area (Å²) >= 11 is 0. The monoisotopic (exact) mass is 495 g/mol. The Morgan fingerprint density at radius 3 is 1.97 bits per heavy atom. The third-order valence-electron chi connectivity index (χ3n) is 4.66. The van der Waals surface area contributed by atoms with Gasteiger partial charge in [0.2, 0.25) is 0 Å². The molecule has 1 aromatic carbocycles. The van der Waals surface area contributed by atoms with Crippen molar-refractivity contribution in [1.82, 2.24) is 0 Å². The van der Waals surface area contributed by atoms with Crippen molar-refractivity contribution in [3.63, 3.8) is 0 Å². The summed E-state index contributed by atoms with van der Waals surface area (Å²) in [7, 11) is 0. The molecule has 0 amide bonds. The van der Waals surface area contributed by atoms with Gasteiger partial charge >= 0.3 is 24.1 Å². The lowest BCUT2D eigenvalue weighted by atomic mass is 9.99. The molecule has 10 nitrogen and oxygen atoms in total. The van der Waals surface area contributed by atoms with Crippen molar-refractivity contribution in [3.05, 3.63) is 23.8 Å². The van der Waals surface area contributed by atoms with Crippen LogP contribution in [0.5, 0.6) is 11.5 Å². The first-order valence-corrected chi connectivity index (χ1v) is 11.6. The van der Waals surface area contributed by atoms with Crippen LogP contribution in [-0.4, -0.2) is 48.9 Å². The van der Waals surface area contributed by atoms with Crippen molar-refractivity contribution >= 4 is 24.1 Å². The minimum atomic E-state index is -1.05. The van der Waals surface area contributed by atoms with Crippen molar-refractivity contribution < 1.29 is 42.9 Å². The molecule has 196 valence electrons. The summed E-state index contributed by atoms with van der Waals surface area (Å²) in [6, 6.07) is 3.52. The molecule has 3 atom stereocenters. The largest absolute Gasteiger partial charge is 0.508 e. The first kappa shape index (κ1) is 29.9. The molecule has 0 saturated carbocycles. The van der Waals surface area contributed by atoms with Crippen molar-refractivity contribution in [2.45, 2.75) is 86.0 Å². The normalized spacial score (nSPS) is 13.7. The summed E-state index contributed by atoms with van der Waals surface area (Å²) in [5.41, 5.74) is 6.36. The first-order chi connectivity index (χ1) is 16.2. The third kappa shape index (κ3) is 11.2. The van der Waals surface area contributed by atoms with Crippen LogP contribution in [0.3, 0.4) is 0 Å². The van der Waals surface area contributed by atoms with E-state index >= 15 is 0 Å². The average Bonchev–Trinajstić information content (AvgIpc) is 2.78. The summed E-state index contributed by atoms with van der Waals surface area (Å²) in [4.78, 5) is 47.8. The van der Waals surface area contributed by atoms with Crippen molar-refractivity contribution in [1.29, 1.82) is 0 Å². The zero-order valence-corrected chi connectivity index (χ0v) is 21.5. The van der Waals surface area contributed by atoms with Crippen LogP contribution in [0.2, 0.25) is 0 Å². The fraction of sp³-hybridized carbons (Fsp3) is 0.600. The maximum absolute atomic E-state index is 12.5. The highest BCUT2D eigenvalue weighted by Crippen LogP contribution is 2.30. The molecule has 0 radical (unpaired) electrons. The van der Waals surface area contributed by atoms with Gasteiger partial charge in [-0.2, -0.15) is 0 Å². The van der Waals surface area contributed by atoms with Crippen LogP contribution >= 0.6 is 0 Å². The van der Waals surface area contributed by atoms with Gasteiger partial charge in [-0.05, 0) is 43.4 Å². The number of carbonyl (C=O) groups excluding carboxylic acids is 4. The number of benzene rings is 1. The lowest BCUT2D eigenvalue weighted by molar-refractivity contribution is -0.155. The Labute approximate surface area is 206 Å².